The fourth-order valence-corrected chi connectivity index (χ4v) is 5.89. The SMILES string of the molecule is CCOCC12Cc3cnn(-c4ccc(F)cc4)c3C=C1CCN(Sc1ccc(C(F)(F)F)cc1)C2. The first kappa shape index (κ1) is 24.1. The molecular weight excluding hydrogens is 478 g/mol. The Morgan fingerprint density at radius 3 is 2.51 bits per heavy atom. The molecule has 184 valence electrons. The second kappa shape index (κ2) is 9.44. The molecule has 4 nitrogen and oxygen atoms in total. The fraction of sp³-hybridized carbons (Fsp3) is 0.346. The van der Waals surface area contributed by atoms with Gasteiger partial charge in [0, 0.05) is 30.0 Å². The van der Waals surface area contributed by atoms with Crippen molar-refractivity contribution in [1.82, 2.24) is 14.1 Å². The van der Waals surface area contributed by atoms with E-state index in [2.05, 4.69) is 15.5 Å². The van der Waals surface area contributed by atoms with Gasteiger partial charge in [-0.05, 0) is 91.9 Å². The van der Waals surface area contributed by atoms with E-state index in [-0.39, 0.29) is 11.2 Å². The topological polar surface area (TPSA) is 30.3 Å². The van der Waals surface area contributed by atoms with Crippen LogP contribution in [0.1, 0.15) is 30.2 Å². The van der Waals surface area contributed by atoms with Crippen molar-refractivity contribution in [3.63, 3.8) is 0 Å². The second-order valence-electron chi connectivity index (χ2n) is 8.93. The average Bonchev–Trinajstić information content (AvgIpc) is 3.23. The number of fused-ring (bicyclic) bond motifs is 2. The van der Waals surface area contributed by atoms with E-state index in [1.54, 1.807) is 12.1 Å². The minimum absolute atomic E-state index is 0.239. The summed E-state index contributed by atoms with van der Waals surface area (Å²) in [7, 11) is 0. The standard InChI is InChI=1S/C26H25F4N3OS/c1-2-34-17-25-14-18-15-31-33(22-7-5-21(27)6-8-22)24(18)13-20(25)11-12-32(16-25)35-23-9-3-19(4-10-23)26(28,29)30/h3-10,13,15H,2,11-12,14,16-17H2,1H3. The molecule has 9 heteroatoms. The predicted molar refractivity (Wildman–Crippen MR) is 128 cm³/mol. The number of aromatic nitrogens is 2. The first-order valence-electron chi connectivity index (χ1n) is 11.5. The lowest BCUT2D eigenvalue weighted by Gasteiger charge is -2.46. The Hall–Kier alpha value is -2.62. The lowest BCUT2D eigenvalue weighted by molar-refractivity contribution is -0.137. The molecule has 5 rings (SSSR count). The third kappa shape index (κ3) is 4.90. The maximum atomic E-state index is 13.4. The lowest BCUT2D eigenvalue weighted by atomic mass is 9.69. The molecule has 2 aliphatic rings. The van der Waals surface area contributed by atoms with Crippen LogP contribution >= 0.6 is 11.9 Å². The summed E-state index contributed by atoms with van der Waals surface area (Å²) >= 11 is 1.48. The molecule has 0 spiro atoms. The van der Waals surface area contributed by atoms with Crippen molar-refractivity contribution in [3.8, 4) is 5.69 Å². The van der Waals surface area contributed by atoms with Crippen molar-refractivity contribution < 1.29 is 22.3 Å². The van der Waals surface area contributed by atoms with Gasteiger partial charge >= 0.3 is 6.18 Å². The molecule has 1 unspecified atom stereocenters. The number of ether oxygens (including phenoxy) is 1. The number of hydrogen-bond donors (Lipinski definition) is 0. The molecule has 35 heavy (non-hydrogen) atoms. The molecule has 1 aliphatic heterocycles. The third-order valence-corrected chi connectivity index (χ3v) is 7.64. The molecule has 1 aliphatic carbocycles. The minimum atomic E-state index is -4.34. The Kier molecular flexibility index (Phi) is 6.50. The molecule has 3 aromatic rings. The average molecular weight is 504 g/mol. The molecule has 0 radical (unpaired) electrons. The monoisotopic (exact) mass is 503 g/mol. The zero-order valence-electron chi connectivity index (χ0n) is 19.2. The largest absolute Gasteiger partial charge is 0.416 e. The molecule has 0 amide bonds. The molecule has 2 heterocycles. The number of hydrogen-bond acceptors (Lipinski definition) is 4. The smallest absolute Gasteiger partial charge is 0.381 e. The van der Waals surface area contributed by atoms with Crippen molar-refractivity contribution in [3.05, 3.63) is 82.9 Å². The van der Waals surface area contributed by atoms with E-state index in [1.165, 1.54) is 41.8 Å². The van der Waals surface area contributed by atoms with Gasteiger partial charge in [-0.2, -0.15) is 18.3 Å². The Morgan fingerprint density at radius 2 is 1.83 bits per heavy atom. The van der Waals surface area contributed by atoms with Crippen LogP contribution in [0, 0.1) is 11.2 Å². The Labute approximate surface area is 205 Å². The highest BCUT2D eigenvalue weighted by molar-refractivity contribution is 7.97. The minimum Gasteiger partial charge on any atom is -0.381 e. The van der Waals surface area contributed by atoms with Crippen LogP contribution in [0.2, 0.25) is 0 Å². The maximum Gasteiger partial charge on any atom is 0.416 e. The summed E-state index contributed by atoms with van der Waals surface area (Å²) in [5.74, 6) is -0.290. The van der Waals surface area contributed by atoms with Gasteiger partial charge in [-0.1, -0.05) is 5.57 Å². The molecule has 0 bridgehead atoms. The van der Waals surface area contributed by atoms with E-state index in [0.717, 1.165) is 53.4 Å². The molecule has 1 atom stereocenters. The highest BCUT2D eigenvalue weighted by atomic mass is 32.2. The molecule has 0 N–H and O–H groups in total. The van der Waals surface area contributed by atoms with Crippen LogP contribution in [0.25, 0.3) is 11.8 Å². The first-order valence-corrected chi connectivity index (χ1v) is 12.3. The molecular formula is C26H25F4N3OS. The number of rotatable bonds is 6. The van der Waals surface area contributed by atoms with Crippen LogP contribution in [0.3, 0.4) is 0 Å². The van der Waals surface area contributed by atoms with Crippen LogP contribution in [0.5, 0.6) is 0 Å². The highest BCUT2D eigenvalue weighted by Crippen LogP contribution is 2.46. The number of nitrogens with zero attached hydrogens (tertiary/aromatic N) is 3. The summed E-state index contributed by atoms with van der Waals surface area (Å²) in [6.07, 6.45) is 1.28. The fourth-order valence-electron chi connectivity index (χ4n) is 4.84. The maximum absolute atomic E-state index is 13.4. The first-order chi connectivity index (χ1) is 16.8. The van der Waals surface area contributed by atoms with Crippen molar-refractivity contribution in [1.29, 1.82) is 0 Å². The van der Waals surface area contributed by atoms with Crippen LogP contribution in [0.15, 0.2) is 65.2 Å². The zero-order chi connectivity index (χ0) is 24.6. The second-order valence-corrected chi connectivity index (χ2v) is 10.1. The van der Waals surface area contributed by atoms with Gasteiger partial charge in [0.05, 0.1) is 29.7 Å². The predicted octanol–water partition coefficient (Wildman–Crippen LogP) is 6.41. The van der Waals surface area contributed by atoms with E-state index >= 15 is 0 Å². The van der Waals surface area contributed by atoms with Crippen molar-refractivity contribution >= 4 is 18.0 Å². The van der Waals surface area contributed by atoms with Crippen molar-refractivity contribution in [2.75, 3.05) is 26.3 Å². The summed E-state index contributed by atoms with van der Waals surface area (Å²) in [5.41, 5.74) is 3.30. The van der Waals surface area contributed by atoms with E-state index in [9.17, 15) is 17.6 Å². The van der Waals surface area contributed by atoms with Crippen LogP contribution in [-0.2, 0) is 17.3 Å². The van der Waals surface area contributed by atoms with Gasteiger partial charge in [-0.25, -0.2) is 13.4 Å². The van der Waals surface area contributed by atoms with Gasteiger partial charge in [0.2, 0.25) is 0 Å². The third-order valence-electron chi connectivity index (χ3n) is 6.59. The van der Waals surface area contributed by atoms with Crippen LogP contribution < -0.4 is 0 Å². The lowest BCUT2D eigenvalue weighted by Crippen LogP contribution is -2.47. The molecule has 0 saturated carbocycles. The normalized spacial score (nSPS) is 20.3. The molecule has 1 saturated heterocycles. The number of halogens is 4. The number of alkyl halides is 3. The molecule has 1 aromatic heterocycles. The van der Waals surface area contributed by atoms with E-state index < -0.39 is 11.7 Å². The molecule has 1 fully saturated rings. The highest BCUT2D eigenvalue weighted by Gasteiger charge is 2.43. The summed E-state index contributed by atoms with van der Waals surface area (Å²) in [6.45, 7) is 4.61. The Balaban J connectivity index is 1.40. The van der Waals surface area contributed by atoms with Gasteiger partial charge < -0.3 is 4.74 Å². The Morgan fingerprint density at radius 1 is 1.09 bits per heavy atom. The van der Waals surface area contributed by atoms with Gasteiger partial charge in [-0.15, -0.1) is 0 Å². The number of piperidine rings is 1. The van der Waals surface area contributed by atoms with Crippen molar-refractivity contribution in [2.45, 2.75) is 30.8 Å². The summed E-state index contributed by atoms with van der Waals surface area (Å²) in [6, 6.07) is 11.6. The van der Waals surface area contributed by atoms with Crippen LogP contribution in [0.4, 0.5) is 17.6 Å². The number of benzene rings is 2. The van der Waals surface area contributed by atoms with Gasteiger partial charge in [0.1, 0.15) is 5.82 Å². The van der Waals surface area contributed by atoms with Gasteiger partial charge in [0.25, 0.3) is 0 Å². The summed E-state index contributed by atoms with van der Waals surface area (Å²) in [4.78, 5) is 0.776. The van der Waals surface area contributed by atoms with E-state index in [4.69, 9.17) is 4.74 Å². The van der Waals surface area contributed by atoms with Crippen molar-refractivity contribution in [2.24, 2.45) is 5.41 Å². The van der Waals surface area contributed by atoms with Crippen LogP contribution in [-0.4, -0.2) is 40.4 Å². The van der Waals surface area contributed by atoms with Gasteiger partial charge in [-0.3, -0.25) is 0 Å². The Bertz CT molecular complexity index is 1220. The van der Waals surface area contributed by atoms with Gasteiger partial charge in [0.15, 0.2) is 0 Å². The van der Waals surface area contributed by atoms with E-state index in [1.807, 2.05) is 17.8 Å². The molecule has 2 aromatic carbocycles. The quantitative estimate of drug-likeness (QED) is 0.287. The zero-order valence-corrected chi connectivity index (χ0v) is 20.0. The summed E-state index contributed by atoms with van der Waals surface area (Å²) < 4.78 is 62.2. The van der Waals surface area contributed by atoms with E-state index in [0.29, 0.717) is 19.8 Å². The summed E-state index contributed by atoms with van der Waals surface area (Å²) in [5, 5.41) is 4.58.